The quantitative estimate of drug-likeness (QED) is 0.541. The van der Waals surface area contributed by atoms with Gasteiger partial charge in [-0.05, 0) is 6.07 Å². The van der Waals surface area contributed by atoms with Gasteiger partial charge in [0.05, 0.1) is 0 Å². The van der Waals surface area contributed by atoms with E-state index in [-0.39, 0.29) is 19.3 Å². The topological polar surface area (TPSA) is 103 Å². The molecular weight excluding hydrogens is 304 g/mol. The van der Waals surface area contributed by atoms with Crippen molar-refractivity contribution in [2.75, 3.05) is 19.8 Å². The van der Waals surface area contributed by atoms with Crippen molar-refractivity contribution >= 4 is 0 Å². The second-order valence-corrected chi connectivity index (χ2v) is 5.74. The van der Waals surface area contributed by atoms with E-state index in [1.54, 1.807) is 12.1 Å². The maximum atomic E-state index is 10.4. The molecule has 1 unspecified atom stereocenters. The fourth-order valence-electron chi connectivity index (χ4n) is 2.29. The van der Waals surface area contributed by atoms with Crippen LogP contribution in [0, 0.1) is 10.1 Å². The van der Waals surface area contributed by atoms with Gasteiger partial charge in [-0.15, -0.1) is 10.1 Å². The lowest BCUT2D eigenvalue weighted by Gasteiger charge is -2.25. The zero-order valence-electron chi connectivity index (χ0n) is 13.2. The van der Waals surface area contributed by atoms with Crippen molar-refractivity contribution in [2.45, 2.75) is 38.5 Å². The van der Waals surface area contributed by atoms with Crippen LogP contribution in [-0.4, -0.2) is 48.2 Å². The van der Waals surface area contributed by atoms with Crippen molar-refractivity contribution in [1.82, 2.24) is 5.32 Å². The van der Waals surface area contributed by atoms with Crippen molar-refractivity contribution in [1.29, 1.82) is 0 Å². The Morgan fingerprint density at radius 2 is 2.30 bits per heavy atom. The van der Waals surface area contributed by atoms with Crippen LogP contribution in [0.2, 0.25) is 0 Å². The lowest BCUT2D eigenvalue weighted by atomic mass is 10.0. The first-order chi connectivity index (χ1) is 11.0. The van der Waals surface area contributed by atoms with Gasteiger partial charge in [0.1, 0.15) is 25.4 Å². The zero-order chi connectivity index (χ0) is 16.8. The van der Waals surface area contributed by atoms with E-state index in [9.17, 15) is 15.2 Å². The first-order valence-corrected chi connectivity index (χ1v) is 7.55. The average Bonchev–Trinajstić information content (AvgIpc) is 2.49. The van der Waals surface area contributed by atoms with Crippen LogP contribution in [-0.2, 0) is 11.3 Å². The molecule has 2 atom stereocenters. The molecule has 0 amide bonds. The standard InChI is InChI=1S/C15H22N2O6/c1-10(2)16-7-12(18)8-21-14-5-3-4-11-6-13(23-17(19)20)9-22-15(11)14/h3-5,10,12-13,16,18H,6-9H2,1-2H3/t12-,13?/m0/s1. The Balaban J connectivity index is 1.93. The van der Waals surface area contributed by atoms with Gasteiger partial charge in [-0.1, -0.05) is 26.0 Å². The number of rotatable bonds is 8. The summed E-state index contributed by atoms with van der Waals surface area (Å²) in [7, 11) is 0. The fraction of sp³-hybridized carbons (Fsp3) is 0.600. The number of nitrogens with one attached hydrogen (secondary N) is 1. The number of aliphatic hydroxyl groups is 1. The average molecular weight is 326 g/mol. The molecule has 2 N–H and O–H groups in total. The summed E-state index contributed by atoms with van der Waals surface area (Å²) in [5.41, 5.74) is 0.787. The molecule has 0 saturated heterocycles. The SMILES string of the molecule is CC(C)NC[C@H](O)COc1cccc2c1OCC(O[N+](=O)[O-])C2. The van der Waals surface area contributed by atoms with E-state index in [0.29, 0.717) is 24.5 Å². The van der Waals surface area contributed by atoms with Crippen LogP contribution in [0.3, 0.4) is 0 Å². The Morgan fingerprint density at radius 3 is 3.00 bits per heavy atom. The molecule has 0 fully saturated rings. The first-order valence-electron chi connectivity index (χ1n) is 7.55. The van der Waals surface area contributed by atoms with Gasteiger partial charge in [-0.3, -0.25) is 0 Å². The number of fused-ring (bicyclic) bond motifs is 1. The van der Waals surface area contributed by atoms with Crippen LogP contribution < -0.4 is 14.8 Å². The molecule has 1 heterocycles. The lowest BCUT2D eigenvalue weighted by Crippen LogP contribution is -2.35. The van der Waals surface area contributed by atoms with Gasteiger partial charge in [0, 0.05) is 24.6 Å². The van der Waals surface area contributed by atoms with Crippen LogP contribution in [0.4, 0.5) is 0 Å². The van der Waals surface area contributed by atoms with Crippen molar-refractivity contribution in [3.05, 3.63) is 33.9 Å². The first kappa shape index (κ1) is 17.3. The minimum Gasteiger partial charge on any atom is -0.487 e. The van der Waals surface area contributed by atoms with Crippen LogP contribution in [0.15, 0.2) is 18.2 Å². The third-order valence-electron chi connectivity index (χ3n) is 3.35. The molecule has 0 aliphatic carbocycles. The number of hydrogen-bond donors (Lipinski definition) is 2. The van der Waals surface area contributed by atoms with Crippen LogP contribution >= 0.6 is 0 Å². The van der Waals surface area contributed by atoms with E-state index in [1.807, 2.05) is 19.9 Å². The molecule has 2 rings (SSSR count). The molecule has 0 spiro atoms. The predicted molar refractivity (Wildman–Crippen MR) is 82.1 cm³/mol. The number of nitrogens with zero attached hydrogens (tertiary/aromatic N) is 1. The molecular formula is C15H22N2O6. The van der Waals surface area contributed by atoms with Crippen molar-refractivity contribution in [3.8, 4) is 11.5 Å². The molecule has 0 bridgehead atoms. The summed E-state index contributed by atoms with van der Waals surface area (Å²) in [4.78, 5) is 15.0. The number of aliphatic hydroxyl groups excluding tert-OH is 1. The highest BCUT2D eigenvalue weighted by atomic mass is 17.0. The number of para-hydroxylation sites is 1. The third-order valence-corrected chi connectivity index (χ3v) is 3.35. The van der Waals surface area contributed by atoms with Crippen LogP contribution in [0.25, 0.3) is 0 Å². The van der Waals surface area contributed by atoms with E-state index in [1.165, 1.54) is 0 Å². The molecule has 0 saturated carbocycles. The number of ether oxygens (including phenoxy) is 2. The Hall–Kier alpha value is -2.06. The van der Waals surface area contributed by atoms with Gasteiger partial charge in [0.15, 0.2) is 11.5 Å². The van der Waals surface area contributed by atoms with E-state index in [0.717, 1.165) is 5.56 Å². The van der Waals surface area contributed by atoms with Gasteiger partial charge in [-0.25, -0.2) is 0 Å². The molecule has 128 valence electrons. The second kappa shape index (κ2) is 7.98. The highest BCUT2D eigenvalue weighted by Gasteiger charge is 2.25. The Morgan fingerprint density at radius 1 is 1.52 bits per heavy atom. The number of benzene rings is 1. The highest BCUT2D eigenvalue weighted by molar-refractivity contribution is 5.48. The summed E-state index contributed by atoms with van der Waals surface area (Å²) >= 11 is 0. The molecule has 8 heteroatoms. The third kappa shape index (κ3) is 5.26. The minimum absolute atomic E-state index is 0.0891. The normalized spacial score (nSPS) is 18.0. The molecule has 1 aliphatic heterocycles. The summed E-state index contributed by atoms with van der Waals surface area (Å²) in [6, 6.07) is 5.63. The minimum atomic E-state index is -0.808. The molecule has 8 nitrogen and oxygen atoms in total. The maximum Gasteiger partial charge on any atom is 0.294 e. The largest absolute Gasteiger partial charge is 0.487 e. The molecule has 0 radical (unpaired) electrons. The second-order valence-electron chi connectivity index (χ2n) is 5.74. The molecule has 1 aromatic carbocycles. The van der Waals surface area contributed by atoms with Gasteiger partial charge >= 0.3 is 0 Å². The van der Waals surface area contributed by atoms with Crippen LogP contribution in [0.1, 0.15) is 19.4 Å². The molecule has 1 aromatic rings. The Bertz CT molecular complexity index is 537. The van der Waals surface area contributed by atoms with Gasteiger partial charge in [-0.2, -0.15) is 0 Å². The Labute approximate surface area is 134 Å². The fourth-order valence-corrected chi connectivity index (χ4v) is 2.29. The summed E-state index contributed by atoms with van der Waals surface area (Å²) in [5.74, 6) is 1.07. The van der Waals surface area contributed by atoms with E-state index in [2.05, 4.69) is 10.2 Å². The maximum absolute atomic E-state index is 10.4. The monoisotopic (exact) mass is 326 g/mol. The smallest absolute Gasteiger partial charge is 0.294 e. The summed E-state index contributed by atoms with van der Waals surface area (Å²) in [6.45, 7) is 4.66. The number of hydrogen-bond acceptors (Lipinski definition) is 7. The van der Waals surface area contributed by atoms with Crippen molar-refractivity contribution in [2.24, 2.45) is 0 Å². The van der Waals surface area contributed by atoms with Crippen molar-refractivity contribution < 1.29 is 24.5 Å². The summed E-state index contributed by atoms with van der Waals surface area (Å²) in [6.07, 6.45) is -0.874. The summed E-state index contributed by atoms with van der Waals surface area (Å²) in [5, 5.41) is 22.6. The Kier molecular flexibility index (Phi) is 6.00. The van der Waals surface area contributed by atoms with Crippen molar-refractivity contribution in [3.63, 3.8) is 0 Å². The van der Waals surface area contributed by atoms with E-state index < -0.39 is 17.3 Å². The molecule has 1 aliphatic rings. The van der Waals surface area contributed by atoms with Gasteiger partial charge < -0.3 is 24.7 Å². The lowest BCUT2D eigenvalue weighted by molar-refractivity contribution is -0.769. The highest BCUT2D eigenvalue weighted by Crippen LogP contribution is 2.35. The van der Waals surface area contributed by atoms with E-state index in [4.69, 9.17) is 9.47 Å². The van der Waals surface area contributed by atoms with Gasteiger partial charge in [0.2, 0.25) is 0 Å². The van der Waals surface area contributed by atoms with Gasteiger partial charge in [0.25, 0.3) is 5.09 Å². The van der Waals surface area contributed by atoms with Crippen LogP contribution in [0.5, 0.6) is 11.5 Å². The summed E-state index contributed by atoms with van der Waals surface area (Å²) < 4.78 is 11.2. The predicted octanol–water partition coefficient (Wildman–Crippen LogP) is 0.936. The zero-order valence-corrected chi connectivity index (χ0v) is 13.2. The van der Waals surface area contributed by atoms with E-state index >= 15 is 0 Å². The molecule has 23 heavy (non-hydrogen) atoms. The molecule has 0 aromatic heterocycles.